The van der Waals surface area contributed by atoms with Crippen molar-refractivity contribution >= 4 is 22.4 Å². The number of carbonyl (C=O) groups is 1. The van der Waals surface area contributed by atoms with Gasteiger partial charge >= 0.3 is 6.18 Å². The molecule has 0 N–H and O–H groups in total. The van der Waals surface area contributed by atoms with Gasteiger partial charge in [-0.2, -0.15) is 13.2 Å². The highest BCUT2D eigenvalue weighted by Gasteiger charge is 2.55. The predicted octanol–water partition coefficient (Wildman–Crippen LogP) is 2.64. The first-order valence-electron chi connectivity index (χ1n) is 8.39. The van der Waals surface area contributed by atoms with Crippen molar-refractivity contribution in [1.29, 1.82) is 0 Å². The van der Waals surface area contributed by atoms with Gasteiger partial charge in [-0.3, -0.25) is 4.79 Å². The van der Waals surface area contributed by atoms with Crippen molar-refractivity contribution in [2.75, 3.05) is 31.1 Å². The molecular weight excluding hydrogens is 341 g/mol. The van der Waals surface area contributed by atoms with Crippen molar-refractivity contribution in [3.63, 3.8) is 0 Å². The predicted molar refractivity (Wildman–Crippen MR) is 82.6 cm³/mol. The lowest BCUT2D eigenvalue weighted by Crippen LogP contribution is -2.49. The Morgan fingerprint density at radius 3 is 2.21 bits per heavy atom. The van der Waals surface area contributed by atoms with Crippen LogP contribution in [0.4, 0.5) is 18.3 Å². The number of amides is 1. The number of carbonyl (C=O) groups excluding carboxylic acids is 1. The average Bonchev–Trinajstić information content (AvgIpc) is 3.06. The Labute approximate surface area is 141 Å². The van der Waals surface area contributed by atoms with E-state index in [0.29, 0.717) is 49.4 Å². The lowest BCUT2D eigenvalue weighted by molar-refractivity contribution is -0.138. The number of halogens is 3. The average molecular weight is 360 g/mol. The molecule has 0 bridgehead atoms. The summed E-state index contributed by atoms with van der Waals surface area (Å²) >= 11 is 0.566. The first-order chi connectivity index (χ1) is 11.4. The second-order valence-corrected chi connectivity index (χ2v) is 7.79. The summed E-state index contributed by atoms with van der Waals surface area (Å²) in [7, 11) is 0. The standard InChI is InChI=1S/C15H19F3N4OS/c16-15(17,18)13-19-20-14(24-13)22-7-5-21(6-8-22)12(23)11-9-3-1-2-4-10(9)11/h9-11H,1-8H2/t9-,10-/m0/s1. The summed E-state index contributed by atoms with van der Waals surface area (Å²) in [4.78, 5) is 16.3. The van der Waals surface area contributed by atoms with Crippen LogP contribution >= 0.6 is 11.3 Å². The molecule has 2 saturated carbocycles. The smallest absolute Gasteiger partial charge is 0.343 e. The number of alkyl halides is 3. The van der Waals surface area contributed by atoms with Crippen LogP contribution in [0.15, 0.2) is 0 Å². The van der Waals surface area contributed by atoms with Crippen LogP contribution in [-0.4, -0.2) is 47.2 Å². The zero-order valence-electron chi connectivity index (χ0n) is 13.1. The van der Waals surface area contributed by atoms with Crippen LogP contribution in [0.3, 0.4) is 0 Å². The summed E-state index contributed by atoms with van der Waals surface area (Å²) < 4.78 is 37.8. The van der Waals surface area contributed by atoms with Crippen LogP contribution in [-0.2, 0) is 11.0 Å². The fourth-order valence-corrected chi connectivity index (χ4v) is 4.91. The quantitative estimate of drug-likeness (QED) is 0.814. The number of nitrogens with zero attached hydrogens (tertiary/aromatic N) is 4. The second kappa shape index (κ2) is 5.86. The minimum atomic E-state index is -4.45. The fourth-order valence-electron chi connectivity index (χ4n) is 4.15. The van der Waals surface area contributed by atoms with Gasteiger partial charge in [-0.05, 0) is 24.7 Å². The fraction of sp³-hybridized carbons (Fsp3) is 0.800. The van der Waals surface area contributed by atoms with E-state index in [4.69, 9.17) is 0 Å². The van der Waals surface area contributed by atoms with E-state index in [1.54, 1.807) is 4.90 Å². The molecule has 9 heteroatoms. The Hall–Kier alpha value is -1.38. The monoisotopic (exact) mass is 360 g/mol. The number of anilines is 1. The number of aromatic nitrogens is 2. The van der Waals surface area contributed by atoms with Gasteiger partial charge in [0.05, 0.1) is 0 Å². The van der Waals surface area contributed by atoms with E-state index in [1.165, 1.54) is 25.7 Å². The first kappa shape index (κ1) is 16.1. The van der Waals surface area contributed by atoms with Gasteiger partial charge in [-0.25, -0.2) is 0 Å². The Bertz CT molecular complexity index is 614. The maximum absolute atomic E-state index is 12.6. The van der Waals surface area contributed by atoms with Gasteiger partial charge in [0, 0.05) is 32.1 Å². The van der Waals surface area contributed by atoms with Crippen LogP contribution in [0, 0.1) is 17.8 Å². The van der Waals surface area contributed by atoms with Crippen LogP contribution in [0.1, 0.15) is 30.7 Å². The molecule has 2 aliphatic carbocycles. The third-order valence-electron chi connectivity index (χ3n) is 5.46. The molecule has 2 atom stereocenters. The molecule has 132 valence electrons. The van der Waals surface area contributed by atoms with E-state index < -0.39 is 11.2 Å². The van der Waals surface area contributed by atoms with Crippen LogP contribution in [0.2, 0.25) is 0 Å². The van der Waals surface area contributed by atoms with E-state index in [9.17, 15) is 18.0 Å². The van der Waals surface area contributed by atoms with E-state index in [-0.39, 0.29) is 17.0 Å². The molecule has 1 amide bonds. The molecule has 1 saturated heterocycles. The summed E-state index contributed by atoms with van der Waals surface area (Å²) in [6.07, 6.45) is 0.364. The molecule has 0 unspecified atom stereocenters. The lowest BCUT2D eigenvalue weighted by Gasteiger charge is -2.34. The van der Waals surface area contributed by atoms with Crippen molar-refractivity contribution in [3.8, 4) is 0 Å². The van der Waals surface area contributed by atoms with Crippen molar-refractivity contribution in [1.82, 2.24) is 15.1 Å². The Balaban J connectivity index is 1.34. The summed E-state index contributed by atoms with van der Waals surface area (Å²) in [6, 6.07) is 0. The van der Waals surface area contributed by atoms with Crippen molar-refractivity contribution in [2.24, 2.45) is 17.8 Å². The molecule has 0 radical (unpaired) electrons. The van der Waals surface area contributed by atoms with Gasteiger partial charge in [-0.1, -0.05) is 24.2 Å². The molecule has 24 heavy (non-hydrogen) atoms. The van der Waals surface area contributed by atoms with Gasteiger partial charge in [0.2, 0.25) is 16.0 Å². The zero-order chi connectivity index (χ0) is 16.9. The first-order valence-corrected chi connectivity index (χ1v) is 9.21. The lowest BCUT2D eigenvalue weighted by atomic mass is 10.0. The van der Waals surface area contributed by atoms with Crippen molar-refractivity contribution in [2.45, 2.75) is 31.9 Å². The highest BCUT2D eigenvalue weighted by Crippen LogP contribution is 2.56. The maximum Gasteiger partial charge on any atom is 0.445 e. The molecule has 4 rings (SSSR count). The van der Waals surface area contributed by atoms with Gasteiger partial charge < -0.3 is 9.80 Å². The molecule has 3 aliphatic rings. The Morgan fingerprint density at radius 1 is 1.04 bits per heavy atom. The molecular formula is C15H19F3N4OS. The van der Waals surface area contributed by atoms with Gasteiger partial charge in [0.1, 0.15) is 0 Å². The minimum absolute atomic E-state index is 0.206. The van der Waals surface area contributed by atoms with Gasteiger partial charge in [-0.15, -0.1) is 10.2 Å². The molecule has 1 aliphatic heterocycles. The number of fused-ring (bicyclic) bond motifs is 1. The summed E-state index contributed by atoms with van der Waals surface area (Å²) in [5.41, 5.74) is 0. The molecule has 0 aromatic carbocycles. The highest BCUT2D eigenvalue weighted by atomic mass is 32.1. The summed E-state index contributed by atoms with van der Waals surface area (Å²) in [5, 5.41) is 6.25. The molecule has 0 spiro atoms. The summed E-state index contributed by atoms with van der Waals surface area (Å²) in [5.74, 6) is 1.63. The molecule has 2 heterocycles. The Kier molecular flexibility index (Phi) is 3.93. The van der Waals surface area contributed by atoms with E-state index >= 15 is 0 Å². The van der Waals surface area contributed by atoms with Crippen LogP contribution in [0.5, 0.6) is 0 Å². The largest absolute Gasteiger partial charge is 0.445 e. The van der Waals surface area contributed by atoms with Crippen molar-refractivity contribution < 1.29 is 18.0 Å². The number of hydrogen-bond donors (Lipinski definition) is 0. The highest BCUT2D eigenvalue weighted by molar-refractivity contribution is 7.15. The third kappa shape index (κ3) is 2.87. The van der Waals surface area contributed by atoms with E-state index in [2.05, 4.69) is 10.2 Å². The maximum atomic E-state index is 12.6. The number of rotatable bonds is 2. The summed E-state index contributed by atoms with van der Waals surface area (Å²) in [6.45, 7) is 2.13. The minimum Gasteiger partial charge on any atom is -0.343 e. The van der Waals surface area contributed by atoms with Crippen LogP contribution in [0.25, 0.3) is 0 Å². The number of piperazine rings is 1. The van der Waals surface area contributed by atoms with Gasteiger partial charge in [0.25, 0.3) is 0 Å². The molecule has 1 aromatic rings. The Morgan fingerprint density at radius 2 is 1.67 bits per heavy atom. The third-order valence-corrected chi connectivity index (χ3v) is 6.49. The zero-order valence-corrected chi connectivity index (χ0v) is 13.9. The van der Waals surface area contributed by atoms with Crippen molar-refractivity contribution in [3.05, 3.63) is 5.01 Å². The number of hydrogen-bond acceptors (Lipinski definition) is 5. The topological polar surface area (TPSA) is 49.3 Å². The SMILES string of the molecule is O=C(C1[C@H]2CCCC[C@H]12)N1CCN(c2nnc(C(F)(F)F)s2)CC1. The van der Waals surface area contributed by atoms with E-state index in [0.717, 1.165) is 0 Å². The second-order valence-electron chi connectivity index (χ2n) is 6.84. The normalized spacial score (nSPS) is 30.2. The van der Waals surface area contributed by atoms with Crippen LogP contribution < -0.4 is 4.90 Å². The molecule has 5 nitrogen and oxygen atoms in total. The molecule has 3 fully saturated rings. The van der Waals surface area contributed by atoms with E-state index in [1.807, 2.05) is 4.90 Å². The molecule has 1 aromatic heterocycles. The van der Waals surface area contributed by atoms with Gasteiger partial charge in [0.15, 0.2) is 0 Å².